The quantitative estimate of drug-likeness (QED) is 0.775. The number of ether oxygens (including phenoxy) is 1. The zero-order valence-corrected chi connectivity index (χ0v) is 15.2. The number of benzene rings is 2. The number of para-hydroxylation sites is 1. The molecule has 0 radical (unpaired) electrons. The van der Waals surface area contributed by atoms with E-state index in [1.54, 1.807) is 6.92 Å². The Hall–Kier alpha value is -2.59. The molecule has 27 heavy (non-hydrogen) atoms. The highest BCUT2D eigenvalue weighted by Crippen LogP contribution is 2.37. The number of hydrogen-bond donors (Lipinski definition) is 2. The van der Waals surface area contributed by atoms with Gasteiger partial charge in [-0.3, -0.25) is 0 Å². The summed E-state index contributed by atoms with van der Waals surface area (Å²) in [5.41, 5.74) is -0.441. The van der Waals surface area contributed by atoms with Gasteiger partial charge in [-0.1, -0.05) is 12.1 Å². The number of anilines is 1. The number of methoxy groups -OCH3 is 1. The highest BCUT2D eigenvalue weighted by Gasteiger charge is 2.30. The van der Waals surface area contributed by atoms with Gasteiger partial charge in [-0.25, -0.2) is 31.3 Å². The van der Waals surface area contributed by atoms with Crippen LogP contribution in [0.5, 0.6) is 0 Å². The normalized spacial score (nSPS) is 17.7. The number of sulfonamides is 1. The van der Waals surface area contributed by atoms with Crippen molar-refractivity contribution in [2.75, 3.05) is 19.0 Å². The highest BCUT2D eigenvalue weighted by atomic mass is 32.2. The lowest BCUT2D eigenvalue weighted by Gasteiger charge is -2.24. The van der Waals surface area contributed by atoms with Crippen molar-refractivity contribution in [2.45, 2.75) is 17.9 Å². The van der Waals surface area contributed by atoms with Crippen LogP contribution in [0.15, 0.2) is 40.2 Å². The molecule has 3 rings (SSSR count). The molecule has 0 fully saturated rings. The van der Waals surface area contributed by atoms with Crippen molar-refractivity contribution in [3.05, 3.63) is 47.8 Å². The largest absolute Gasteiger partial charge is 0.380 e. The molecular formula is C17H16F3N3O3S. The average molecular weight is 399 g/mol. The van der Waals surface area contributed by atoms with Crippen LogP contribution < -0.4 is 10.0 Å². The maximum absolute atomic E-state index is 14.2. The van der Waals surface area contributed by atoms with Crippen molar-refractivity contribution < 1.29 is 26.3 Å². The van der Waals surface area contributed by atoms with Gasteiger partial charge in [-0.05, 0) is 19.1 Å². The van der Waals surface area contributed by atoms with Gasteiger partial charge in [0.25, 0.3) is 10.0 Å². The van der Waals surface area contributed by atoms with Crippen LogP contribution in [0.1, 0.15) is 6.92 Å². The van der Waals surface area contributed by atoms with Crippen molar-refractivity contribution in [3.8, 4) is 11.1 Å². The third-order valence-corrected chi connectivity index (χ3v) is 5.36. The fourth-order valence-corrected chi connectivity index (χ4v) is 3.72. The molecule has 144 valence electrons. The molecule has 1 heterocycles. The Morgan fingerprint density at radius 3 is 2.63 bits per heavy atom. The average Bonchev–Trinajstić information content (AvgIpc) is 2.62. The summed E-state index contributed by atoms with van der Waals surface area (Å²) in [5.74, 6) is -3.74. The molecule has 0 saturated carbocycles. The second-order valence-electron chi connectivity index (χ2n) is 5.89. The molecular weight excluding hydrogens is 383 g/mol. The molecule has 0 spiro atoms. The molecule has 1 aliphatic rings. The van der Waals surface area contributed by atoms with Crippen molar-refractivity contribution in [2.24, 2.45) is 4.99 Å². The first kappa shape index (κ1) is 19.2. The molecule has 0 saturated heterocycles. The summed E-state index contributed by atoms with van der Waals surface area (Å²) in [5, 5.41) is 2.76. The first-order chi connectivity index (χ1) is 12.7. The number of rotatable bonds is 4. The maximum Gasteiger partial charge on any atom is 0.266 e. The van der Waals surface area contributed by atoms with Crippen LogP contribution in [0.25, 0.3) is 11.1 Å². The summed E-state index contributed by atoms with van der Waals surface area (Å²) in [6, 6.07) is 5.22. The zero-order valence-electron chi connectivity index (χ0n) is 14.4. The minimum Gasteiger partial charge on any atom is -0.380 e. The van der Waals surface area contributed by atoms with E-state index in [4.69, 9.17) is 4.74 Å². The molecule has 0 aromatic heterocycles. The molecule has 1 aliphatic heterocycles. The first-order valence-corrected chi connectivity index (χ1v) is 9.36. The van der Waals surface area contributed by atoms with Gasteiger partial charge in [0.15, 0.2) is 11.6 Å². The third-order valence-electron chi connectivity index (χ3n) is 3.98. The Labute approximate surface area is 154 Å². The Bertz CT molecular complexity index is 1030. The predicted molar refractivity (Wildman–Crippen MR) is 94.5 cm³/mol. The van der Waals surface area contributed by atoms with E-state index in [9.17, 15) is 21.6 Å². The monoisotopic (exact) mass is 399 g/mol. The molecule has 0 aliphatic carbocycles. The number of hydrogen-bond acceptors (Lipinski definition) is 4. The van der Waals surface area contributed by atoms with E-state index in [1.165, 1.54) is 25.3 Å². The van der Waals surface area contributed by atoms with Crippen LogP contribution in [-0.4, -0.2) is 34.1 Å². The van der Waals surface area contributed by atoms with Crippen LogP contribution in [-0.2, 0) is 14.8 Å². The van der Waals surface area contributed by atoms with Gasteiger partial charge in [-0.2, -0.15) is 0 Å². The number of guanidine groups is 1. The van der Waals surface area contributed by atoms with Gasteiger partial charge in [0.1, 0.15) is 10.7 Å². The number of nitrogens with zero attached hydrogens (tertiary/aromatic N) is 1. The highest BCUT2D eigenvalue weighted by molar-refractivity contribution is 7.90. The van der Waals surface area contributed by atoms with Crippen LogP contribution >= 0.6 is 0 Å². The molecule has 2 aromatic rings. The molecule has 6 nitrogen and oxygen atoms in total. The van der Waals surface area contributed by atoms with Crippen molar-refractivity contribution in [1.29, 1.82) is 0 Å². The summed E-state index contributed by atoms with van der Waals surface area (Å²) in [7, 11) is -2.52. The lowest BCUT2D eigenvalue weighted by Crippen LogP contribution is -2.41. The zero-order chi connectivity index (χ0) is 19.8. The van der Waals surface area contributed by atoms with Gasteiger partial charge in [0, 0.05) is 24.3 Å². The van der Waals surface area contributed by atoms with E-state index in [0.717, 1.165) is 6.07 Å². The molecule has 0 bridgehead atoms. The van der Waals surface area contributed by atoms with Gasteiger partial charge < -0.3 is 10.1 Å². The van der Waals surface area contributed by atoms with E-state index >= 15 is 0 Å². The maximum atomic E-state index is 14.2. The van der Waals surface area contributed by atoms with Crippen molar-refractivity contribution in [3.63, 3.8) is 0 Å². The summed E-state index contributed by atoms with van der Waals surface area (Å²) >= 11 is 0. The SMILES string of the molecule is CO[C@@H](C)CN=C1Nc2c(-c3cc(F)cc(F)c3F)cccc2S(=O)(=O)N1. The smallest absolute Gasteiger partial charge is 0.266 e. The first-order valence-electron chi connectivity index (χ1n) is 7.88. The minimum atomic E-state index is -4.00. The topological polar surface area (TPSA) is 79.8 Å². The number of halogens is 3. The summed E-state index contributed by atoms with van der Waals surface area (Å²) in [6.07, 6.45) is -0.268. The second-order valence-corrected chi connectivity index (χ2v) is 7.54. The van der Waals surface area contributed by atoms with Crippen LogP contribution in [0.3, 0.4) is 0 Å². The predicted octanol–water partition coefficient (Wildman–Crippen LogP) is 2.87. The molecule has 2 N–H and O–H groups in total. The Morgan fingerprint density at radius 1 is 1.19 bits per heavy atom. The lowest BCUT2D eigenvalue weighted by atomic mass is 10.0. The van der Waals surface area contributed by atoms with Gasteiger partial charge in [-0.15, -0.1) is 0 Å². The Kier molecular flexibility index (Phi) is 5.11. The molecule has 0 unspecified atom stereocenters. The molecule has 2 aromatic carbocycles. The standard InChI is InChI=1S/C17H16F3N3O3S/c1-9(26-2)8-21-17-22-16-11(4-3-5-14(16)27(24,25)23-17)12-6-10(18)7-13(19)15(12)20/h3-7,9H,8H2,1-2H3,(H2,21,22,23)/t9-/m0/s1. The van der Waals surface area contributed by atoms with Crippen molar-refractivity contribution >= 4 is 21.7 Å². The van der Waals surface area contributed by atoms with Crippen molar-refractivity contribution in [1.82, 2.24) is 4.72 Å². The fourth-order valence-electron chi connectivity index (χ4n) is 2.55. The Morgan fingerprint density at radius 2 is 1.93 bits per heavy atom. The van der Waals surface area contributed by atoms with E-state index < -0.39 is 33.0 Å². The molecule has 10 heteroatoms. The summed E-state index contributed by atoms with van der Waals surface area (Å²) in [4.78, 5) is 3.90. The van der Waals surface area contributed by atoms with E-state index in [-0.39, 0.29) is 34.8 Å². The van der Waals surface area contributed by atoms with Gasteiger partial charge >= 0.3 is 0 Å². The molecule has 0 amide bonds. The van der Waals surface area contributed by atoms with E-state index in [2.05, 4.69) is 15.0 Å². The van der Waals surface area contributed by atoms with Gasteiger partial charge in [0.05, 0.1) is 18.3 Å². The second kappa shape index (κ2) is 7.20. The molecule has 1 atom stereocenters. The minimum absolute atomic E-state index is 0.0130. The summed E-state index contributed by atoms with van der Waals surface area (Å²) in [6.45, 7) is 1.90. The third kappa shape index (κ3) is 3.76. The van der Waals surface area contributed by atoms with E-state index in [1.807, 2.05) is 0 Å². The van der Waals surface area contributed by atoms with Crippen LogP contribution in [0.4, 0.5) is 18.9 Å². The Balaban J connectivity index is 2.15. The number of aliphatic imine (C=N–C) groups is 1. The van der Waals surface area contributed by atoms with E-state index in [0.29, 0.717) is 6.07 Å². The summed E-state index contributed by atoms with van der Waals surface area (Å²) < 4.78 is 73.8. The van der Waals surface area contributed by atoms with Crippen LogP contribution in [0, 0.1) is 17.5 Å². The van der Waals surface area contributed by atoms with Gasteiger partial charge in [0.2, 0.25) is 5.96 Å². The number of fused-ring (bicyclic) bond motifs is 1. The lowest BCUT2D eigenvalue weighted by molar-refractivity contribution is 0.125. The fraction of sp³-hybridized carbons (Fsp3) is 0.235. The van der Waals surface area contributed by atoms with Crippen LogP contribution in [0.2, 0.25) is 0 Å². The number of nitrogens with one attached hydrogen (secondary N) is 2.